The van der Waals surface area contributed by atoms with E-state index < -0.39 is 0 Å². The van der Waals surface area contributed by atoms with E-state index >= 15 is 0 Å². The first-order chi connectivity index (χ1) is 6.34. The molecule has 0 saturated carbocycles. The second-order valence-corrected chi connectivity index (χ2v) is 4.07. The Labute approximate surface area is 89.0 Å². The zero-order valence-electron chi connectivity index (χ0n) is 8.09. The van der Waals surface area contributed by atoms with Crippen molar-refractivity contribution < 1.29 is 9.31 Å². The number of rotatable bonds is 4. The quantitative estimate of drug-likeness (QED) is 0.561. The van der Waals surface area contributed by atoms with Gasteiger partial charge in [-0.25, -0.2) is 0 Å². The summed E-state index contributed by atoms with van der Waals surface area (Å²) in [7, 11) is -0.148. The molecule has 0 N–H and O–H groups in total. The van der Waals surface area contributed by atoms with Crippen molar-refractivity contribution in [2.75, 3.05) is 13.2 Å². The summed E-state index contributed by atoms with van der Waals surface area (Å²) in [5, 5.41) is 0. The molecule has 1 heterocycles. The highest BCUT2D eigenvalue weighted by Gasteiger charge is 2.24. The summed E-state index contributed by atoms with van der Waals surface area (Å²) in [5.41, 5.74) is 0. The number of halogens is 1. The van der Waals surface area contributed by atoms with Gasteiger partial charge in [-0.2, -0.15) is 0 Å². The molecular formula is C9H16BBrO2. The molecule has 0 bridgehead atoms. The predicted octanol–water partition coefficient (Wildman–Crippen LogP) is 2.92. The third-order valence-electron chi connectivity index (χ3n) is 1.95. The Balaban J connectivity index is 2.27. The average molecular weight is 247 g/mol. The largest absolute Gasteiger partial charge is 0.500 e. The number of hydrogen-bond donors (Lipinski definition) is 0. The standard InChI is InChI=1S/C9H16BBrO2/c1-2-3-4-6-9(11)10-12-7-5-8-13-10/h6H,2-5,7-8H2,1H3/b9-6-. The highest BCUT2D eigenvalue weighted by Crippen LogP contribution is 2.17. The van der Waals surface area contributed by atoms with E-state index in [4.69, 9.17) is 9.31 Å². The maximum Gasteiger partial charge on any atom is 0.500 e. The molecule has 0 aromatic rings. The van der Waals surface area contributed by atoms with E-state index in [9.17, 15) is 0 Å². The minimum atomic E-state index is -0.148. The normalized spacial score (nSPS) is 19.2. The van der Waals surface area contributed by atoms with Crippen molar-refractivity contribution in [2.24, 2.45) is 0 Å². The van der Waals surface area contributed by atoms with Gasteiger partial charge in [0.05, 0.1) is 0 Å². The van der Waals surface area contributed by atoms with Crippen LogP contribution in [0.25, 0.3) is 0 Å². The molecule has 1 rings (SSSR count). The Hall–Kier alpha value is 0.205. The molecule has 2 nitrogen and oxygen atoms in total. The molecule has 1 fully saturated rings. The lowest BCUT2D eigenvalue weighted by Crippen LogP contribution is -2.30. The Bertz CT molecular complexity index is 167. The Morgan fingerprint density at radius 3 is 2.77 bits per heavy atom. The van der Waals surface area contributed by atoms with Crippen LogP contribution >= 0.6 is 15.9 Å². The van der Waals surface area contributed by atoms with Crippen LogP contribution in [0.2, 0.25) is 0 Å². The Morgan fingerprint density at radius 2 is 2.15 bits per heavy atom. The molecule has 1 saturated heterocycles. The van der Waals surface area contributed by atoms with Gasteiger partial charge in [0.25, 0.3) is 0 Å². The lowest BCUT2D eigenvalue weighted by atomic mass is 9.87. The molecular weight excluding hydrogens is 231 g/mol. The van der Waals surface area contributed by atoms with Gasteiger partial charge in [0.15, 0.2) is 0 Å². The summed E-state index contributed by atoms with van der Waals surface area (Å²) in [5.74, 6) is 0. The molecule has 0 amide bonds. The fraction of sp³-hybridized carbons (Fsp3) is 0.778. The van der Waals surface area contributed by atoms with Gasteiger partial charge in [-0.3, -0.25) is 0 Å². The molecule has 1 aliphatic rings. The van der Waals surface area contributed by atoms with Crippen LogP contribution in [0.4, 0.5) is 0 Å². The van der Waals surface area contributed by atoms with Crippen molar-refractivity contribution >= 4 is 23.0 Å². The first-order valence-electron chi connectivity index (χ1n) is 4.93. The van der Waals surface area contributed by atoms with Gasteiger partial charge in [0, 0.05) is 17.6 Å². The van der Waals surface area contributed by atoms with Crippen molar-refractivity contribution in [1.82, 2.24) is 0 Å². The lowest BCUT2D eigenvalue weighted by Gasteiger charge is -2.19. The van der Waals surface area contributed by atoms with Crippen LogP contribution in [-0.4, -0.2) is 20.3 Å². The van der Waals surface area contributed by atoms with Gasteiger partial charge in [-0.1, -0.05) is 41.8 Å². The van der Waals surface area contributed by atoms with Crippen LogP contribution in [0.15, 0.2) is 10.5 Å². The number of hydrogen-bond acceptors (Lipinski definition) is 2. The Morgan fingerprint density at radius 1 is 1.46 bits per heavy atom. The van der Waals surface area contributed by atoms with Gasteiger partial charge in [0.1, 0.15) is 0 Å². The first kappa shape index (κ1) is 11.3. The zero-order valence-corrected chi connectivity index (χ0v) is 9.68. The molecule has 13 heavy (non-hydrogen) atoms. The van der Waals surface area contributed by atoms with E-state index in [-0.39, 0.29) is 7.12 Å². The molecule has 74 valence electrons. The van der Waals surface area contributed by atoms with Crippen LogP contribution in [0.5, 0.6) is 0 Å². The van der Waals surface area contributed by atoms with E-state index in [0.717, 1.165) is 30.4 Å². The average Bonchev–Trinajstić information content (AvgIpc) is 2.19. The molecule has 0 unspecified atom stereocenters. The predicted molar refractivity (Wildman–Crippen MR) is 58.8 cm³/mol. The van der Waals surface area contributed by atoms with Crippen LogP contribution in [0, 0.1) is 0 Å². The molecule has 1 aliphatic heterocycles. The minimum Gasteiger partial charge on any atom is -0.407 e. The van der Waals surface area contributed by atoms with E-state index in [1.54, 1.807) is 0 Å². The third-order valence-corrected chi connectivity index (χ3v) is 2.65. The van der Waals surface area contributed by atoms with E-state index in [1.807, 2.05) is 0 Å². The second kappa shape index (κ2) is 6.63. The fourth-order valence-electron chi connectivity index (χ4n) is 1.19. The first-order valence-corrected chi connectivity index (χ1v) is 5.72. The summed E-state index contributed by atoms with van der Waals surface area (Å²) in [6.45, 7) is 3.80. The topological polar surface area (TPSA) is 18.5 Å². The summed E-state index contributed by atoms with van der Waals surface area (Å²) in [6, 6.07) is 0. The van der Waals surface area contributed by atoms with Crippen LogP contribution in [-0.2, 0) is 9.31 Å². The highest BCUT2D eigenvalue weighted by molar-refractivity contribution is 9.12. The molecule has 0 atom stereocenters. The molecule has 0 spiro atoms. The van der Waals surface area contributed by atoms with E-state index in [1.165, 1.54) is 12.8 Å². The van der Waals surface area contributed by atoms with Crippen LogP contribution in [0.1, 0.15) is 32.6 Å². The van der Waals surface area contributed by atoms with Gasteiger partial charge < -0.3 is 9.31 Å². The van der Waals surface area contributed by atoms with Gasteiger partial charge in [-0.15, -0.1) is 0 Å². The molecule has 0 aromatic carbocycles. The minimum absolute atomic E-state index is 0.148. The SMILES string of the molecule is CCCC/C=C(\Br)B1OCCCO1. The summed E-state index contributed by atoms with van der Waals surface area (Å²) in [4.78, 5) is 0. The third kappa shape index (κ3) is 4.29. The maximum atomic E-state index is 5.43. The Kier molecular flexibility index (Phi) is 5.75. The maximum absolute atomic E-state index is 5.43. The lowest BCUT2D eigenvalue weighted by molar-refractivity contribution is 0.142. The molecule has 0 radical (unpaired) electrons. The van der Waals surface area contributed by atoms with Crippen molar-refractivity contribution in [3.8, 4) is 0 Å². The van der Waals surface area contributed by atoms with Crippen molar-refractivity contribution in [1.29, 1.82) is 0 Å². The zero-order chi connectivity index (χ0) is 9.52. The van der Waals surface area contributed by atoms with Crippen molar-refractivity contribution in [2.45, 2.75) is 32.6 Å². The van der Waals surface area contributed by atoms with Gasteiger partial charge in [-0.05, 0) is 12.8 Å². The number of unbranched alkanes of at least 4 members (excludes halogenated alkanes) is 2. The van der Waals surface area contributed by atoms with Gasteiger partial charge >= 0.3 is 7.12 Å². The van der Waals surface area contributed by atoms with Crippen LogP contribution < -0.4 is 0 Å². The summed E-state index contributed by atoms with van der Waals surface area (Å²) < 4.78 is 11.9. The van der Waals surface area contributed by atoms with Gasteiger partial charge in [0.2, 0.25) is 0 Å². The highest BCUT2D eigenvalue weighted by atomic mass is 79.9. The summed E-state index contributed by atoms with van der Waals surface area (Å²) in [6.07, 6.45) is 6.70. The van der Waals surface area contributed by atoms with Crippen LogP contribution in [0.3, 0.4) is 0 Å². The van der Waals surface area contributed by atoms with E-state index in [0.29, 0.717) is 0 Å². The molecule has 4 heteroatoms. The number of allylic oxidation sites excluding steroid dienone is 1. The van der Waals surface area contributed by atoms with Crippen molar-refractivity contribution in [3.05, 3.63) is 10.5 Å². The summed E-state index contributed by atoms with van der Waals surface area (Å²) >= 11 is 3.48. The second-order valence-electron chi connectivity index (χ2n) is 3.16. The molecule has 0 aromatic heterocycles. The monoisotopic (exact) mass is 246 g/mol. The van der Waals surface area contributed by atoms with Crippen molar-refractivity contribution in [3.63, 3.8) is 0 Å². The smallest absolute Gasteiger partial charge is 0.407 e. The van der Waals surface area contributed by atoms with E-state index in [2.05, 4.69) is 28.9 Å². The fourth-order valence-corrected chi connectivity index (χ4v) is 1.68. The molecule has 0 aliphatic carbocycles.